The van der Waals surface area contributed by atoms with Gasteiger partial charge in [-0.25, -0.2) is 0 Å². The fourth-order valence-electron chi connectivity index (χ4n) is 0.663. The Bertz CT molecular complexity index is 305. The molecule has 0 aromatic heterocycles. The molecular formula is C8H8S2. The van der Waals surface area contributed by atoms with Gasteiger partial charge in [0, 0.05) is 9.79 Å². The molecule has 52 valence electrons. The molecule has 0 atom stereocenters. The molecule has 1 aromatic rings. The maximum atomic E-state index is 4.18. The molecule has 0 spiro atoms. The maximum Gasteiger partial charge on any atom is 0.0113 e. The molecular weight excluding hydrogens is 160 g/mol. The van der Waals surface area contributed by atoms with Gasteiger partial charge in [0.15, 0.2) is 0 Å². The summed E-state index contributed by atoms with van der Waals surface area (Å²) in [5, 5.41) is 1.78. The molecule has 0 unspecified atom stereocenters. The van der Waals surface area contributed by atoms with Gasteiger partial charge in [0.2, 0.25) is 0 Å². The van der Waals surface area contributed by atoms with Crippen molar-refractivity contribution in [3.63, 3.8) is 0 Å². The Balaban J connectivity index is 3.59. The molecule has 1 rings (SSSR count). The van der Waals surface area contributed by atoms with Gasteiger partial charge in [0.05, 0.1) is 0 Å². The first kappa shape index (κ1) is 7.76. The smallest absolute Gasteiger partial charge is 0.0113 e. The Morgan fingerprint density at radius 3 is 1.50 bits per heavy atom. The highest BCUT2D eigenvalue weighted by Gasteiger charge is 1.89. The number of thiol groups is 2. The summed E-state index contributed by atoms with van der Waals surface area (Å²) >= 11 is 8.36. The normalized spacial score (nSPS) is 9.80. The summed E-state index contributed by atoms with van der Waals surface area (Å²) in [7, 11) is 0. The van der Waals surface area contributed by atoms with E-state index in [4.69, 9.17) is 0 Å². The van der Waals surface area contributed by atoms with E-state index in [1.165, 1.54) is 0 Å². The standard InChI is InChI=1S/C8H8S2/c1-5-3-8(10)6(2)4-7(5)9/h3-4,9-10H,1-2H2. The van der Waals surface area contributed by atoms with Gasteiger partial charge < -0.3 is 0 Å². The van der Waals surface area contributed by atoms with Gasteiger partial charge >= 0.3 is 0 Å². The van der Waals surface area contributed by atoms with Crippen LogP contribution in [-0.2, 0) is 0 Å². The van der Waals surface area contributed by atoms with Gasteiger partial charge in [0.1, 0.15) is 0 Å². The van der Waals surface area contributed by atoms with Crippen molar-refractivity contribution in [3.05, 3.63) is 22.6 Å². The third kappa shape index (κ3) is 1.39. The van der Waals surface area contributed by atoms with Crippen LogP contribution in [0.4, 0.5) is 0 Å². The van der Waals surface area contributed by atoms with Crippen LogP contribution in [0.15, 0.2) is 21.9 Å². The molecule has 0 amide bonds. The van der Waals surface area contributed by atoms with E-state index in [-0.39, 0.29) is 0 Å². The van der Waals surface area contributed by atoms with Gasteiger partial charge in [-0.3, -0.25) is 0 Å². The van der Waals surface area contributed by atoms with Crippen LogP contribution in [0.25, 0.3) is 13.2 Å². The molecule has 0 fully saturated rings. The van der Waals surface area contributed by atoms with Crippen LogP contribution in [0.5, 0.6) is 0 Å². The summed E-state index contributed by atoms with van der Waals surface area (Å²) in [4.78, 5) is 1.73. The van der Waals surface area contributed by atoms with Gasteiger partial charge in [-0.1, -0.05) is 13.2 Å². The minimum absolute atomic E-state index is 0.864. The second-order valence-electron chi connectivity index (χ2n) is 2.11. The maximum absolute atomic E-state index is 4.18. The largest absolute Gasteiger partial charge is 0.143 e. The summed E-state index contributed by atoms with van der Waals surface area (Å²) in [5.41, 5.74) is 0. The molecule has 0 bridgehead atoms. The number of hydrogen-bond donors (Lipinski definition) is 2. The molecule has 0 radical (unpaired) electrons. The lowest BCUT2D eigenvalue weighted by molar-refractivity contribution is 1.27. The van der Waals surface area contributed by atoms with E-state index in [0.717, 1.165) is 20.2 Å². The van der Waals surface area contributed by atoms with E-state index in [1.54, 1.807) is 0 Å². The molecule has 0 aliphatic rings. The van der Waals surface area contributed by atoms with Crippen molar-refractivity contribution in [1.29, 1.82) is 0 Å². The fourth-order valence-corrected chi connectivity index (χ4v) is 1.10. The highest BCUT2D eigenvalue weighted by molar-refractivity contribution is 7.80. The summed E-state index contributed by atoms with van der Waals surface area (Å²) in [5.74, 6) is 0. The van der Waals surface area contributed by atoms with Crippen molar-refractivity contribution in [2.45, 2.75) is 9.79 Å². The molecule has 1 aromatic carbocycles. The van der Waals surface area contributed by atoms with Crippen molar-refractivity contribution in [1.82, 2.24) is 0 Å². The third-order valence-corrected chi connectivity index (χ3v) is 2.11. The minimum Gasteiger partial charge on any atom is -0.143 e. The van der Waals surface area contributed by atoms with E-state index in [9.17, 15) is 0 Å². The Kier molecular flexibility index (Phi) is 2.11. The lowest BCUT2D eigenvalue weighted by Crippen LogP contribution is -2.09. The average molecular weight is 168 g/mol. The quantitative estimate of drug-likeness (QED) is 0.532. The monoisotopic (exact) mass is 168 g/mol. The van der Waals surface area contributed by atoms with E-state index in [0.29, 0.717) is 0 Å². The molecule has 2 heteroatoms. The third-order valence-electron chi connectivity index (χ3n) is 1.28. The molecule has 10 heavy (non-hydrogen) atoms. The SMILES string of the molecule is C=c1cc(S)c(=C)cc1S. The van der Waals surface area contributed by atoms with E-state index in [2.05, 4.69) is 38.4 Å². The minimum atomic E-state index is 0.864. The van der Waals surface area contributed by atoms with E-state index < -0.39 is 0 Å². The lowest BCUT2D eigenvalue weighted by Gasteiger charge is -1.94. The predicted molar refractivity (Wildman–Crippen MR) is 51.2 cm³/mol. The topological polar surface area (TPSA) is 0 Å². The van der Waals surface area contributed by atoms with Crippen molar-refractivity contribution in [2.24, 2.45) is 0 Å². The Morgan fingerprint density at radius 2 is 1.20 bits per heavy atom. The first-order chi connectivity index (χ1) is 4.61. The summed E-state index contributed by atoms with van der Waals surface area (Å²) in [6.45, 7) is 7.54. The van der Waals surface area contributed by atoms with E-state index >= 15 is 0 Å². The van der Waals surface area contributed by atoms with Crippen molar-refractivity contribution in [3.8, 4) is 0 Å². The van der Waals surface area contributed by atoms with Crippen molar-refractivity contribution >= 4 is 38.4 Å². The predicted octanol–water partition coefficient (Wildman–Crippen LogP) is 1.08. The molecule has 0 saturated carbocycles. The highest BCUT2D eigenvalue weighted by Crippen LogP contribution is 1.98. The van der Waals surface area contributed by atoms with Gasteiger partial charge in [0.25, 0.3) is 0 Å². The average Bonchev–Trinajstić information content (AvgIpc) is 1.84. The molecule has 0 aliphatic carbocycles. The fraction of sp³-hybridized carbons (Fsp3) is 0. The van der Waals surface area contributed by atoms with Crippen LogP contribution in [-0.4, -0.2) is 0 Å². The van der Waals surface area contributed by atoms with Crippen LogP contribution in [0.1, 0.15) is 0 Å². The summed E-state index contributed by atoms with van der Waals surface area (Å²) in [6.07, 6.45) is 0. The van der Waals surface area contributed by atoms with Gasteiger partial charge in [-0.05, 0) is 22.6 Å². The van der Waals surface area contributed by atoms with Crippen LogP contribution in [0, 0.1) is 0 Å². The van der Waals surface area contributed by atoms with Crippen molar-refractivity contribution < 1.29 is 0 Å². The number of rotatable bonds is 0. The van der Waals surface area contributed by atoms with Crippen LogP contribution >= 0.6 is 25.3 Å². The molecule has 0 N–H and O–H groups in total. The second-order valence-corrected chi connectivity index (χ2v) is 3.07. The molecule has 0 heterocycles. The Morgan fingerprint density at radius 1 is 0.900 bits per heavy atom. The van der Waals surface area contributed by atoms with E-state index in [1.807, 2.05) is 12.1 Å². The first-order valence-electron chi connectivity index (χ1n) is 2.81. The van der Waals surface area contributed by atoms with Crippen molar-refractivity contribution in [2.75, 3.05) is 0 Å². The number of hydrogen-bond acceptors (Lipinski definition) is 2. The molecule has 0 saturated heterocycles. The summed E-state index contributed by atoms with van der Waals surface area (Å²) in [6, 6.07) is 3.71. The zero-order valence-corrected chi connectivity index (χ0v) is 7.25. The second kappa shape index (κ2) is 2.72. The van der Waals surface area contributed by atoms with Crippen LogP contribution < -0.4 is 10.4 Å². The van der Waals surface area contributed by atoms with Gasteiger partial charge in [-0.15, -0.1) is 25.3 Å². The first-order valence-corrected chi connectivity index (χ1v) is 3.70. The van der Waals surface area contributed by atoms with Crippen LogP contribution in [0.3, 0.4) is 0 Å². The molecule has 0 nitrogen and oxygen atoms in total. The Hall–Kier alpha value is -0.340. The zero-order valence-electron chi connectivity index (χ0n) is 5.46. The lowest BCUT2D eigenvalue weighted by atomic mass is 10.3. The zero-order chi connectivity index (χ0) is 7.72. The van der Waals surface area contributed by atoms with Gasteiger partial charge in [-0.2, -0.15) is 0 Å². The van der Waals surface area contributed by atoms with Crippen LogP contribution in [0.2, 0.25) is 0 Å². The summed E-state index contributed by atoms with van der Waals surface area (Å²) < 4.78 is 0. The highest BCUT2D eigenvalue weighted by atomic mass is 32.1. The Labute approximate surface area is 71.1 Å². The molecule has 0 aliphatic heterocycles. The number of benzene rings is 1.